The van der Waals surface area contributed by atoms with Crippen LogP contribution in [0.4, 0.5) is 5.82 Å². The Hall–Kier alpha value is -4.51. The van der Waals surface area contributed by atoms with E-state index in [-0.39, 0.29) is 17.9 Å². The summed E-state index contributed by atoms with van der Waals surface area (Å²) in [7, 11) is 0. The second-order valence-corrected chi connectivity index (χ2v) is 7.74. The fraction of sp³-hybridized carbons (Fsp3) is 0.160. The van der Waals surface area contributed by atoms with Crippen LogP contribution in [-0.4, -0.2) is 32.5 Å². The average molecular weight is 438 g/mol. The second-order valence-electron chi connectivity index (χ2n) is 7.74. The van der Waals surface area contributed by atoms with E-state index in [1.54, 1.807) is 30.7 Å². The maximum atomic E-state index is 12.3. The van der Waals surface area contributed by atoms with Gasteiger partial charge in [-0.1, -0.05) is 12.1 Å². The first kappa shape index (κ1) is 21.7. The van der Waals surface area contributed by atoms with Crippen molar-refractivity contribution in [3.05, 3.63) is 77.9 Å². The summed E-state index contributed by atoms with van der Waals surface area (Å²) in [5.74, 6) is -0.666. The van der Waals surface area contributed by atoms with Crippen molar-refractivity contribution in [3.8, 4) is 23.1 Å². The lowest BCUT2D eigenvalue weighted by molar-refractivity contribution is 0.0947. The molecule has 1 unspecified atom stereocenters. The smallest absolute Gasteiger partial charge is 0.255 e. The minimum atomic E-state index is -0.496. The molecule has 1 amide bonds. The van der Waals surface area contributed by atoms with Crippen LogP contribution in [0.5, 0.6) is 5.75 Å². The Bertz CT molecular complexity index is 1380. The summed E-state index contributed by atoms with van der Waals surface area (Å²) in [4.78, 5) is 25.5. The molecular formula is C25H22N6O2. The Labute approximate surface area is 190 Å². The van der Waals surface area contributed by atoms with Crippen molar-refractivity contribution in [2.24, 2.45) is 5.92 Å². The number of nitrogens with one attached hydrogen (secondary N) is 1. The molecule has 0 aliphatic carbocycles. The summed E-state index contributed by atoms with van der Waals surface area (Å²) in [6.45, 7) is 2.11. The van der Waals surface area contributed by atoms with E-state index in [0.29, 0.717) is 17.9 Å². The number of aromatic nitrogens is 3. The number of aryl methyl sites for hydroxylation is 1. The van der Waals surface area contributed by atoms with Gasteiger partial charge < -0.3 is 16.2 Å². The number of anilines is 1. The fourth-order valence-electron chi connectivity index (χ4n) is 3.59. The molecule has 0 aliphatic heterocycles. The maximum absolute atomic E-state index is 12.3. The van der Waals surface area contributed by atoms with Gasteiger partial charge in [0.15, 0.2) is 0 Å². The maximum Gasteiger partial charge on any atom is 0.255 e. The number of aromatic hydroxyl groups is 1. The number of pyridine rings is 3. The van der Waals surface area contributed by atoms with E-state index in [1.165, 1.54) is 12.1 Å². The van der Waals surface area contributed by atoms with Crippen molar-refractivity contribution < 1.29 is 9.90 Å². The van der Waals surface area contributed by atoms with Crippen LogP contribution < -0.4 is 11.1 Å². The molecule has 0 radical (unpaired) electrons. The Morgan fingerprint density at radius 1 is 1.24 bits per heavy atom. The number of rotatable bonds is 6. The number of hydrogen-bond acceptors (Lipinski definition) is 7. The van der Waals surface area contributed by atoms with E-state index in [2.05, 4.69) is 26.3 Å². The van der Waals surface area contributed by atoms with Gasteiger partial charge in [0.25, 0.3) is 5.91 Å². The van der Waals surface area contributed by atoms with E-state index < -0.39 is 11.8 Å². The average Bonchev–Trinajstić information content (AvgIpc) is 2.82. The van der Waals surface area contributed by atoms with Crippen LogP contribution in [0.3, 0.4) is 0 Å². The zero-order valence-electron chi connectivity index (χ0n) is 18.0. The molecule has 4 N–H and O–H groups in total. The van der Waals surface area contributed by atoms with Crippen LogP contribution >= 0.6 is 0 Å². The molecule has 8 heteroatoms. The van der Waals surface area contributed by atoms with Crippen molar-refractivity contribution in [2.75, 3.05) is 12.3 Å². The monoisotopic (exact) mass is 438 g/mol. The van der Waals surface area contributed by atoms with E-state index in [4.69, 9.17) is 5.73 Å². The largest absolute Gasteiger partial charge is 0.507 e. The van der Waals surface area contributed by atoms with Gasteiger partial charge in [-0.3, -0.25) is 14.8 Å². The first-order chi connectivity index (χ1) is 16.0. The number of para-hydroxylation sites is 1. The molecule has 1 atom stereocenters. The van der Waals surface area contributed by atoms with Gasteiger partial charge in [0.2, 0.25) is 0 Å². The minimum absolute atomic E-state index is 0.106. The molecule has 164 valence electrons. The number of hydrogen-bond donors (Lipinski definition) is 3. The number of nitrogens with zero attached hydrogens (tertiary/aromatic N) is 4. The van der Waals surface area contributed by atoms with Crippen molar-refractivity contribution >= 4 is 22.5 Å². The first-order valence-corrected chi connectivity index (χ1v) is 10.4. The van der Waals surface area contributed by atoms with E-state index in [1.807, 2.05) is 25.1 Å². The zero-order chi connectivity index (χ0) is 23.4. The Kier molecular flexibility index (Phi) is 6.13. The fourth-order valence-corrected chi connectivity index (χ4v) is 3.59. The highest BCUT2D eigenvalue weighted by Crippen LogP contribution is 2.28. The standard InChI is InChI=1S/C25H22N6O2/c1-15-6-7-28-13-20(15)22-10-17-9-18(29-14-21(17)24(27)31-22)8-16(11-26)12-30-25(33)19-4-2-3-5-23(19)32/h2-7,9-10,13-14,16,32H,8,12H2,1H3,(H2,27,31)(H,30,33). The molecule has 0 fully saturated rings. The van der Waals surface area contributed by atoms with Gasteiger partial charge in [-0.25, -0.2) is 4.98 Å². The number of nitrogen functional groups attached to an aromatic ring is 1. The molecule has 3 aromatic heterocycles. The highest BCUT2D eigenvalue weighted by molar-refractivity contribution is 5.96. The van der Waals surface area contributed by atoms with Crippen LogP contribution in [-0.2, 0) is 6.42 Å². The number of benzene rings is 1. The predicted octanol–water partition coefficient (Wildman–Crippen LogP) is 3.40. The predicted molar refractivity (Wildman–Crippen MR) is 125 cm³/mol. The van der Waals surface area contributed by atoms with Crippen molar-refractivity contribution in [1.29, 1.82) is 5.26 Å². The van der Waals surface area contributed by atoms with Crippen LogP contribution in [0.2, 0.25) is 0 Å². The lowest BCUT2D eigenvalue weighted by Crippen LogP contribution is -2.29. The number of amides is 1. The summed E-state index contributed by atoms with van der Waals surface area (Å²) in [6.07, 6.45) is 5.48. The third-order valence-electron chi connectivity index (χ3n) is 5.41. The third-order valence-corrected chi connectivity index (χ3v) is 5.41. The summed E-state index contributed by atoms with van der Waals surface area (Å²) in [5.41, 5.74) is 9.69. The van der Waals surface area contributed by atoms with Gasteiger partial charge >= 0.3 is 0 Å². The highest BCUT2D eigenvalue weighted by atomic mass is 16.3. The third kappa shape index (κ3) is 4.72. The number of phenolic OH excluding ortho intramolecular Hbond substituents is 1. The molecule has 33 heavy (non-hydrogen) atoms. The lowest BCUT2D eigenvalue weighted by Gasteiger charge is -2.12. The Morgan fingerprint density at radius 3 is 2.82 bits per heavy atom. The highest BCUT2D eigenvalue weighted by Gasteiger charge is 2.16. The van der Waals surface area contributed by atoms with Gasteiger partial charge in [-0.15, -0.1) is 0 Å². The number of phenols is 1. The van der Waals surface area contributed by atoms with Crippen molar-refractivity contribution in [1.82, 2.24) is 20.3 Å². The summed E-state index contributed by atoms with van der Waals surface area (Å²) < 4.78 is 0. The number of nitriles is 1. The van der Waals surface area contributed by atoms with E-state index in [0.717, 1.165) is 27.6 Å². The lowest BCUT2D eigenvalue weighted by atomic mass is 10.0. The van der Waals surface area contributed by atoms with Crippen molar-refractivity contribution in [3.63, 3.8) is 0 Å². The molecular weight excluding hydrogens is 416 g/mol. The Morgan fingerprint density at radius 2 is 2.06 bits per heavy atom. The normalized spacial score (nSPS) is 11.6. The van der Waals surface area contributed by atoms with Crippen LogP contribution in [0, 0.1) is 24.2 Å². The number of nitrogens with two attached hydrogens (primary N) is 1. The summed E-state index contributed by atoms with van der Waals surface area (Å²) in [6, 6.07) is 14.2. The molecule has 4 rings (SSSR count). The molecule has 0 spiro atoms. The van der Waals surface area contributed by atoms with Crippen molar-refractivity contribution in [2.45, 2.75) is 13.3 Å². The molecule has 0 aliphatic rings. The number of carbonyl (C=O) groups excluding carboxylic acids is 1. The molecule has 0 saturated heterocycles. The van der Waals surface area contributed by atoms with Gasteiger partial charge in [0.05, 0.1) is 23.2 Å². The Balaban J connectivity index is 1.54. The summed E-state index contributed by atoms with van der Waals surface area (Å²) >= 11 is 0. The van der Waals surface area contributed by atoms with Gasteiger partial charge in [-0.2, -0.15) is 5.26 Å². The zero-order valence-corrected chi connectivity index (χ0v) is 18.0. The second kappa shape index (κ2) is 9.32. The topological polar surface area (TPSA) is 138 Å². The number of carbonyl (C=O) groups is 1. The van der Waals surface area contributed by atoms with Gasteiger partial charge in [0.1, 0.15) is 11.6 Å². The number of fused-ring (bicyclic) bond motifs is 1. The minimum Gasteiger partial charge on any atom is -0.507 e. The SMILES string of the molecule is Cc1ccncc1-c1cc2cc(CC(C#N)CNC(=O)c3ccccc3O)ncc2c(N)n1. The molecule has 3 heterocycles. The van der Waals surface area contributed by atoms with Crippen LogP contribution in [0.25, 0.3) is 22.0 Å². The molecule has 4 aromatic rings. The van der Waals surface area contributed by atoms with Gasteiger partial charge in [0, 0.05) is 48.2 Å². The molecule has 1 aromatic carbocycles. The van der Waals surface area contributed by atoms with Gasteiger partial charge in [-0.05, 0) is 48.2 Å². The van der Waals surface area contributed by atoms with Crippen LogP contribution in [0.1, 0.15) is 21.6 Å². The molecule has 0 bridgehead atoms. The molecule has 0 saturated carbocycles. The first-order valence-electron chi connectivity index (χ1n) is 10.4. The molecule has 8 nitrogen and oxygen atoms in total. The van der Waals surface area contributed by atoms with E-state index in [9.17, 15) is 15.2 Å². The summed E-state index contributed by atoms with van der Waals surface area (Å²) in [5, 5.41) is 23.7. The van der Waals surface area contributed by atoms with Crippen LogP contribution in [0.15, 0.2) is 61.1 Å². The van der Waals surface area contributed by atoms with E-state index >= 15 is 0 Å². The quantitative estimate of drug-likeness (QED) is 0.419.